The lowest BCUT2D eigenvalue weighted by Crippen LogP contribution is -2.52. The van der Waals surface area contributed by atoms with Gasteiger partial charge in [-0.15, -0.1) is 0 Å². The Labute approximate surface area is 216 Å². The summed E-state index contributed by atoms with van der Waals surface area (Å²) in [5.74, 6) is -0.922. The molecule has 186 valence electrons. The lowest BCUT2D eigenvalue weighted by molar-refractivity contribution is -0.139. The fraction of sp³-hybridized carbons (Fsp3) is 0.391. The number of anilines is 1. The summed E-state index contributed by atoms with van der Waals surface area (Å²) in [5, 5.41) is 3.79. The molecule has 0 aliphatic rings. The smallest absolute Gasteiger partial charge is 0.244 e. The molecule has 34 heavy (non-hydrogen) atoms. The Morgan fingerprint density at radius 2 is 1.62 bits per heavy atom. The largest absolute Gasteiger partial charge is 0.352 e. The van der Waals surface area contributed by atoms with Crippen molar-refractivity contribution in [3.8, 4) is 0 Å². The van der Waals surface area contributed by atoms with E-state index in [-0.39, 0.29) is 34.2 Å². The number of halogens is 3. The topological polar surface area (TPSA) is 86.8 Å². The molecule has 2 aromatic carbocycles. The van der Waals surface area contributed by atoms with Crippen molar-refractivity contribution >= 4 is 62.3 Å². The summed E-state index contributed by atoms with van der Waals surface area (Å²) in [6.07, 6.45) is 1.70. The van der Waals surface area contributed by atoms with E-state index in [9.17, 15) is 18.0 Å². The van der Waals surface area contributed by atoms with Crippen molar-refractivity contribution < 1.29 is 18.0 Å². The molecule has 2 rings (SSSR count). The van der Waals surface area contributed by atoms with Crippen LogP contribution in [0, 0.1) is 0 Å². The van der Waals surface area contributed by atoms with E-state index >= 15 is 0 Å². The van der Waals surface area contributed by atoms with Gasteiger partial charge in [-0.2, -0.15) is 0 Å². The minimum absolute atomic E-state index is 0.0579. The van der Waals surface area contributed by atoms with Crippen molar-refractivity contribution in [1.29, 1.82) is 0 Å². The quantitative estimate of drug-likeness (QED) is 0.464. The highest BCUT2D eigenvalue weighted by molar-refractivity contribution is 7.92. The minimum atomic E-state index is -3.88. The van der Waals surface area contributed by atoms with E-state index in [0.29, 0.717) is 10.6 Å². The highest BCUT2D eigenvalue weighted by Crippen LogP contribution is 2.27. The number of nitrogens with one attached hydrogen (secondary N) is 1. The molecule has 7 nitrogen and oxygen atoms in total. The zero-order chi connectivity index (χ0) is 25.6. The minimum Gasteiger partial charge on any atom is -0.352 e. The summed E-state index contributed by atoms with van der Waals surface area (Å²) in [7, 11) is -3.88. The molecule has 0 spiro atoms. The number of hydrogen-bond acceptors (Lipinski definition) is 4. The van der Waals surface area contributed by atoms with Gasteiger partial charge in [0.15, 0.2) is 0 Å². The molecular formula is C23H28Cl3N3O4S. The van der Waals surface area contributed by atoms with E-state index in [1.54, 1.807) is 31.2 Å². The fourth-order valence-electron chi connectivity index (χ4n) is 3.18. The Balaban J connectivity index is 2.42. The number of amides is 2. The lowest BCUT2D eigenvalue weighted by atomic mass is 10.1. The van der Waals surface area contributed by atoms with Gasteiger partial charge >= 0.3 is 0 Å². The Morgan fingerprint density at radius 1 is 1.00 bits per heavy atom. The predicted molar refractivity (Wildman–Crippen MR) is 138 cm³/mol. The van der Waals surface area contributed by atoms with E-state index in [0.717, 1.165) is 17.0 Å². The van der Waals surface area contributed by atoms with Crippen LogP contribution in [0.15, 0.2) is 42.5 Å². The highest BCUT2D eigenvalue weighted by Gasteiger charge is 2.30. The Kier molecular flexibility index (Phi) is 10.1. The predicted octanol–water partition coefficient (Wildman–Crippen LogP) is 4.74. The fourth-order valence-corrected chi connectivity index (χ4v) is 4.74. The maximum atomic E-state index is 13.5. The summed E-state index contributed by atoms with van der Waals surface area (Å²) in [6.45, 7) is 4.91. The first-order chi connectivity index (χ1) is 15.8. The highest BCUT2D eigenvalue weighted by atomic mass is 35.5. The molecule has 2 aromatic rings. The molecular weight excluding hydrogens is 521 g/mol. The van der Waals surface area contributed by atoms with Crippen molar-refractivity contribution in [3.05, 3.63) is 63.1 Å². The number of carbonyl (C=O) groups is 2. The van der Waals surface area contributed by atoms with Crippen LogP contribution in [0.25, 0.3) is 0 Å². The Morgan fingerprint density at radius 3 is 2.15 bits per heavy atom. The number of hydrogen-bond donors (Lipinski definition) is 1. The zero-order valence-corrected chi connectivity index (χ0v) is 22.5. The molecule has 0 saturated carbocycles. The third kappa shape index (κ3) is 8.05. The monoisotopic (exact) mass is 547 g/mol. The summed E-state index contributed by atoms with van der Waals surface area (Å²) in [6, 6.07) is 10.2. The number of sulfonamides is 1. The van der Waals surface area contributed by atoms with Gasteiger partial charge in [0.25, 0.3) is 0 Å². The third-order valence-corrected chi connectivity index (χ3v) is 7.04. The van der Waals surface area contributed by atoms with E-state index in [1.807, 2.05) is 13.8 Å². The first-order valence-electron chi connectivity index (χ1n) is 10.6. The third-order valence-electron chi connectivity index (χ3n) is 5.22. The van der Waals surface area contributed by atoms with Crippen LogP contribution in [0.2, 0.25) is 15.1 Å². The zero-order valence-electron chi connectivity index (χ0n) is 19.4. The van der Waals surface area contributed by atoms with Crippen LogP contribution in [0.4, 0.5) is 5.69 Å². The van der Waals surface area contributed by atoms with Gasteiger partial charge < -0.3 is 10.2 Å². The molecule has 2 amide bonds. The molecule has 0 heterocycles. The van der Waals surface area contributed by atoms with Gasteiger partial charge in [-0.25, -0.2) is 8.42 Å². The number of rotatable bonds is 10. The van der Waals surface area contributed by atoms with Gasteiger partial charge in [0.2, 0.25) is 21.8 Å². The molecule has 0 fully saturated rings. The second-order valence-corrected chi connectivity index (χ2v) is 11.3. The number of carbonyl (C=O) groups excluding carboxylic acids is 2. The molecule has 0 aliphatic heterocycles. The van der Waals surface area contributed by atoms with Crippen molar-refractivity contribution in [2.75, 3.05) is 17.1 Å². The summed E-state index contributed by atoms with van der Waals surface area (Å²) in [4.78, 5) is 27.7. The van der Waals surface area contributed by atoms with Crippen LogP contribution < -0.4 is 9.62 Å². The van der Waals surface area contributed by atoms with Crippen LogP contribution in [-0.4, -0.2) is 50.0 Å². The second kappa shape index (κ2) is 12.1. The van der Waals surface area contributed by atoms with E-state index in [2.05, 4.69) is 5.32 Å². The molecule has 0 radical (unpaired) electrons. The van der Waals surface area contributed by atoms with Crippen LogP contribution in [0.3, 0.4) is 0 Å². The molecule has 1 N–H and O–H groups in total. The average molecular weight is 549 g/mol. The van der Waals surface area contributed by atoms with Gasteiger partial charge in [0.05, 0.1) is 11.9 Å². The van der Waals surface area contributed by atoms with Gasteiger partial charge in [-0.1, -0.05) is 53.9 Å². The molecule has 2 atom stereocenters. The van der Waals surface area contributed by atoms with Crippen molar-refractivity contribution in [2.45, 2.75) is 45.8 Å². The van der Waals surface area contributed by atoms with Crippen molar-refractivity contribution in [3.63, 3.8) is 0 Å². The van der Waals surface area contributed by atoms with Gasteiger partial charge in [-0.05, 0) is 56.2 Å². The lowest BCUT2D eigenvalue weighted by Gasteiger charge is -2.32. The van der Waals surface area contributed by atoms with Crippen LogP contribution in [-0.2, 0) is 26.2 Å². The van der Waals surface area contributed by atoms with E-state index < -0.39 is 28.5 Å². The molecule has 0 bridgehead atoms. The number of benzene rings is 2. The second-order valence-electron chi connectivity index (χ2n) is 8.04. The van der Waals surface area contributed by atoms with Crippen LogP contribution in [0.1, 0.15) is 32.8 Å². The van der Waals surface area contributed by atoms with Gasteiger partial charge in [0, 0.05) is 27.7 Å². The first-order valence-corrected chi connectivity index (χ1v) is 13.6. The van der Waals surface area contributed by atoms with Gasteiger partial charge in [-0.3, -0.25) is 13.9 Å². The Bertz CT molecular complexity index is 1120. The average Bonchev–Trinajstić information content (AvgIpc) is 2.73. The maximum absolute atomic E-state index is 13.5. The number of nitrogens with zero attached hydrogens (tertiary/aromatic N) is 2. The summed E-state index contributed by atoms with van der Waals surface area (Å²) >= 11 is 18.2. The van der Waals surface area contributed by atoms with E-state index in [1.165, 1.54) is 23.1 Å². The molecule has 0 saturated heterocycles. The molecule has 0 unspecified atom stereocenters. The maximum Gasteiger partial charge on any atom is 0.244 e. The molecule has 0 aromatic heterocycles. The summed E-state index contributed by atoms with van der Waals surface area (Å²) in [5.41, 5.74) is 0.841. The van der Waals surface area contributed by atoms with Crippen molar-refractivity contribution in [2.24, 2.45) is 0 Å². The van der Waals surface area contributed by atoms with Crippen molar-refractivity contribution in [1.82, 2.24) is 10.2 Å². The first kappa shape index (κ1) is 28.2. The summed E-state index contributed by atoms with van der Waals surface area (Å²) < 4.78 is 26.1. The standard InChI is InChI=1S/C23H28Cl3N3O4S/c1-5-15(2)27-23(31)16(3)28(13-17-7-6-8-18(24)9-17)22(30)14-29(34(4,32)33)21-11-19(25)10-20(26)12-21/h6-12,15-16H,5,13-14H2,1-4H3,(H,27,31)/t15-,16+/m1/s1. The van der Waals surface area contributed by atoms with Crippen LogP contribution in [0.5, 0.6) is 0 Å². The SMILES string of the molecule is CC[C@@H](C)NC(=O)[C@H](C)N(Cc1cccc(Cl)c1)C(=O)CN(c1cc(Cl)cc(Cl)c1)S(C)(=O)=O. The molecule has 11 heteroatoms. The van der Waals surface area contributed by atoms with Gasteiger partial charge in [0.1, 0.15) is 12.6 Å². The van der Waals surface area contributed by atoms with E-state index in [4.69, 9.17) is 34.8 Å². The Hall–Kier alpha value is -2.00. The normalized spacial score (nSPS) is 13.1. The van der Waals surface area contributed by atoms with Crippen LogP contribution >= 0.6 is 34.8 Å². The molecule has 0 aliphatic carbocycles.